The Balaban J connectivity index is 3.70. The van der Waals surface area contributed by atoms with Crippen molar-refractivity contribution in [3.05, 3.63) is 0 Å². The molecule has 17 nitrogen and oxygen atoms in total. The molecule has 0 rings (SSSR count). The molecule has 0 aliphatic heterocycles. The molecule has 0 aliphatic carbocycles. The molecular weight excluding hydrogens is 757 g/mol. The van der Waals surface area contributed by atoms with Gasteiger partial charge in [-0.3, -0.25) is 9.59 Å². The first-order valence-electron chi connectivity index (χ1n) is 20.2. The lowest BCUT2D eigenvalue weighted by atomic mass is 10.2. The number of hydrogen-bond donors (Lipinski definition) is 2. The molecule has 0 radical (unpaired) electrons. The Morgan fingerprint density at radius 2 is 0.745 bits per heavy atom. The van der Waals surface area contributed by atoms with Gasteiger partial charge >= 0.3 is 41.7 Å². The maximum absolute atomic E-state index is 12.0. The third-order valence-electron chi connectivity index (χ3n) is 7.54. The minimum absolute atomic E-state index is 0.109. The number of amides is 2. The molecule has 0 unspecified atom stereocenters. The summed E-state index contributed by atoms with van der Waals surface area (Å²) in [7, 11) is -5.45. The fourth-order valence-corrected chi connectivity index (χ4v) is 10.4. The maximum atomic E-state index is 12.0. The zero-order chi connectivity index (χ0) is 40.9. The molecule has 0 heterocycles. The average molecular weight is 829 g/mol. The smallest absolute Gasteiger partial charge is 0.463 e. The molecule has 0 fully saturated rings. The van der Waals surface area contributed by atoms with Crippen molar-refractivity contribution in [2.75, 3.05) is 92.4 Å². The van der Waals surface area contributed by atoms with Crippen LogP contribution >= 0.6 is 0 Å². The van der Waals surface area contributed by atoms with Crippen molar-refractivity contribution >= 4 is 41.7 Å². The first-order valence-corrected chi connectivity index (χ1v) is 24.0. The van der Waals surface area contributed by atoms with Crippen LogP contribution < -0.4 is 10.6 Å². The number of unbranched alkanes of at least 4 members (excludes halogenated alkanes) is 4. The summed E-state index contributed by atoms with van der Waals surface area (Å²) in [6.07, 6.45) is 4.78. The number of ether oxygens (including phenoxy) is 5. The van der Waals surface area contributed by atoms with Crippen LogP contribution in [0.5, 0.6) is 0 Å². The molecule has 0 aromatic rings. The van der Waals surface area contributed by atoms with Crippen molar-refractivity contribution in [2.24, 2.45) is 0 Å². The average Bonchev–Trinajstić information content (AvgIpc) is 3.15. The van der Waals surface area contributed by atoms with E-state index in [0.717, 1.165) is 0 Å². The zero-order valence-electron chi connectivity index (χ0n) is 34.5. The van der Waals surface area contributed by atoms with Gasteiger partial charge in [0.1, 0.15) is 13.2 Å². The van der Waals surface area contributed by atoms with E-state index in [4.69, 9.17) is 50.2 Å². The van der Waals surface area contributed by atoms with E-state index in [1.807, 2.05) is 41.5 Å². The van der Waals surface area contributed by atoms with Crippen LogP contribution in [-0.4, -0.2) is 134 Å². The van der Waals surface area contributed by atoms with E-state index in [9.17, 15) is 19.2 Å². The Labute approximate surface area is 331 Å². The summed E-state index contributed by atoms with van der Waals surface area (Å²) < 4.78 is 61.0. The first kappa shape index (κ1) is 52.6. The second kappa shape index (κ2) is 36.0. The summed E-state index contributed by atoms with van der Waals surface area (Å²) in [6.45, 7) is 16.5. The molecule has 0 aliphatic rings. The normalized spacial score (nSPS) is 11.6. The van der Waals surface area contributed by atoms with E-state index in [1.54, 1.807) is 0 Å². The van der Waals surface area contributed by atoms with E-state index in [0.29, 0.717) is 116 Å². The molecular formula is C36H72N2O15Si2. The number of carbonyl (C=O) groups excluding carboxylic acids is 4. The van der Waals surface area contributed by atoms with E-state index in [-0.39, 0.29) is 64.4 Å². The Morgan fingerprint density at radius 3 is 1.07 bits per heavy atom. The Morgan fingerprint density at radius 1 is 0.400 bits per heavy atom. The lowest BCUT2D eigenvalue weighted by Crippen LogP contribution is -2.46. The summed E-state index contributed by atoms with van der Waals surface area (Å²) in [5.74, 6) is -0.654. The lowest BCUT2D eigenvalue weighted by molar-refractivity contribution is -0.146. The number of alkyl carbamates (subject to hydrolysis) is 2. The highest BCUT2D eigenvalue weighted by molar-refractivity contribution is 6.61. The number of esters is 2. The monoisotopic (exact) mass is 828 g/mol. The van der Waals surface area contributed by atoms with Crippen molar-refractivity contribution in [2.45, 2.75) is 118 Å². The van der Waals surface area contributed by atoms with Crippen LogP contribution in [-0.2, 0) is 59.8 Å². The predicted molar refractivity (Wildman–Crippen MR) is 208 cm³/mol. The molecule has 0 aromatic heterocycles. The molecule has 0 atom stereocenters. The molecule has 0 aromatic carbocycles. The van der Waals surface area contributed by atoms with Crippen LogP contribution in [0.1, 0.15) is 106 Å². The van der Waals surface area contributed by atoms with E-state index in [1.165, 1.54) is 0 Å². The maximum Gasteiger partial charge on any atom is 0.500 e. The highest BCUT2D eigenvalue weighted by atomic mass is 28.4. The van der Waals surface area contributed by atoms with E-state index in [2.05, 4.69) is 10.6 Å². The van der Waals surface area contributed by atoms with Crippen molar-refractivity contribution in [1.29, 1.82) is 0 Å². The summed E-state index contributed by atoms with van der Waals surface area (Å²) in [5.41, 5.74) is 0. The van der Waals surface area contributed by atoms with Crippen molar-refractivity contribution in [3.8, 4) is 0 Å². The van der Waals surface area contributed by atoms with Gasteiger partial charge in [-0.15, -0.1) is 0 Å². The number of hydrogen-bond acceptors (Lipinski definition) is 15. The third kappa shape index (κ3) is 29.5. The summed E-state index contributed by atoms with van der Waals surface area (Å²) >= 11 is 0. The number of nitrogens with one attached hydrogen (secondary N) is 2. The molecule has 0 saturated heterocycles. The number of rotatable bonds is 38. The highest BCUT2D eigenvalue weighted by Gasteiger charge is 2.40. The van der Waals surface area contributed by atoms with E-state index >= 15 is 0 Å². The molecule has 55 heavy (non-hydrogen) atoms. The summed E-state index contributed by atoms with van der Waals surface area (Å²) in [4.78, 5) is 47.8. The lowest BCUT2D eigenvalue weighted by Gasteiger charge is -2.28. The van der Waals surface area contributed by atoms with Gasteiger partial charge in [-0.1, -0.05) is 0 Å². The van der Waals surface area contributed by atoms with Gasteiger partial charge in [-0.25, -0.2) is 9.59 Å². The van der Waals surface area contributed by atoms with Crippen LogP contribution in [0.25, 0.3) is 0 Å². The molecule has 0 saturated carbocycles. The van der Waals surface area contributed by atoms with Crippen LogP contribution in [0.3, 0.4) is 0 Å². The Kier molecular flexibility index (Phi) is 34.5. The Hall–Kier alpha value is -2.37. The minimum atomic E-state index is -2.72. The number of carbonyl (C=O) groups is 4. The second-order valence-electron chi connectivity index (χ2n) is 12.0. The predicted octanol–water partition coefficient (Wildman–Crippen LogP) is 5.54. The van der Waals surface area contributed by atoms with Gasteiger partial charge < -0.3 is 60.9 Å². The quantitative estimate of drug-likeness (QED) is 0.0341. The van der Waals surface area contributed by atoms with Gasteiger partial charge in [0, 0.05) is 77.7 Å². The second-order valence-corrected chi connectivity index (χ2v) is 17.4. The SMILES string of the molecule is CCO[Si](CCCNC(=O)OCCCCCC(=O)OCCOCCOC(=O)CCCCCOC(=O)NCCC[Si](OCC)(OCC)OCC)(OCC)OCC. The molecule has 2 N–H and O–H groups in total. The van der Waals surface area contributed by atoms with Crippen molar-refractivity contribution in [3.63, 3.8) is 0 Å². The molecule has 2 amide bonds. The largest absolute Gasteiger partial charge is 0.500 e. The Bertz CT molecular complexity index is 876. The zero-order valence-corrected chi connectivity index (χ0v) is 36.5. The van der Waals surface area contributed by atoms with Crippen LogP contribution in [0.2, 0.25) is 12.1 Å². The van der Waals surface area contributed by atoms with Crippen LogP contribution in [0.15, 0.2) is 0 Å². The molecule has 324 valence electrons. The summed E-state index contributed by atoms with van der Waals surface area (Å²) in [6, 6.07) is 1.22. The van der Waals surface area contributed by atoms with Gasteiger partial charge in [-0.2, -0.15) is 0 Å². The molecule has 0 spiro atoms. The van der Waals surface area contributed by atoms with Crippen LogP contribution in [0.4, 0.5) is 9.59 Å². The third-order valence-corrected chi connectivity index (χ3v) is 13.8. The van der Waals surface area contributed by atoms with E-state index < -0.39 is 29.8 Å². The van der Waals surface area contributed by atoms with Gasteiger partial charge in [0.2, 0.25) is 0 Å². The molecule has 0 bridgehead atoms. The standard InChI is InChI=1S/C36H72N2O15Si2/c1-7-48-54(49-8-2,50-9-3)31-19-23-37-35(41)46-25-17-13-15-21-33(39)44-29-27-43-28-30-45-34(40)22-16-14-18-26-47-36(42)38-24-20-32-55(51-10-4,52-11-5)53-12-6/h7-32H2,1-6H3,(H,37,41)(H,38,42). The van der Waals surface area contributed by atoms with Gasteiger partial charge in [0.05, 0.1) is 26.4 Å². The first-order chi connectivity index (χ1) is 26.6. The highest BCUT2D eigenvalue weighted by Crippen LogP contribution is 2.19. The fourth-order valence-electron chi connectivity index (χ4n) is 5.20. The van der Waals surface area contributed by atoms with Crippen LogP contribution in [0, 0.1) is 0 Å². The van der Waals surface area contributed by atoms with Crippen molar-refractivity contribution in [1.82, 2.24) is 10.6 Å². The topological polar surface area (TPSA) is 194 Å². The minimum Gasteiger partial charge on any atom is -0.463 e. The molecule has 19 heteroatoms. The summed E-state index contributed by atoms with van der Waals surface area (Å²) in [5, 5.41) is 5.46. The van der Waals surface area contributed by atoms with Crippen molar-refractivity contribution < 1.29 is 69.4 Å². The van der Waals surface area contributed by atoms with Gasteiger partial charge in [-0.05, 0) is 92.9 Å². The fraction of sp³-hybridized carbons (Fsp3) is 0.889. The van der Waals surface area contributed by atoms with Gasteiger partial charge in [0.25, 0.3) is 0 Å². The van der Waals surface area contributed by atoms with Gasteiger partial charge in [0.15, 0.2) is 0 Å².